The predicted octanol–water partition coefficient (Wildman–Crippen LogP) is 0.405. The maximum atomic E-state index is 13.0. The van der Waals surface area contributed by atoms with Crippen LogP contribution in [-0.4, -0.2) is 61.1 Å². The number of carbonyl (C=O) groups is 2. The largest absolute Gasteiger partial charge is 0.872 e. The van der Waals surface area contributed by atoms with Crippen LogP contribution in [0.1, 0.15) is 22.7 Å². The molecule has 0 aliphatic carbocycles. The van der Waals surface area contributed by atoms with Crippen molar-refractivity contribution in [2.45, 2.75) is 13.0 Å². The van der Waals surface area contributed by atoms with Gasteiger partial charge < -0.3 is 24.7 Å². The zero-order valence-corrected chi connectivity index (χ0v) is 17.5. The van der Waals surface area contributed by atoms with Crippen LogP contribution in [0.4, 0.5) is 0 Å². The molecular weight excluding hydrogens is 396 g/mol. The van der Waals surface area contributed by atoms with Gasteiger partial charge in [0.05, 0.1) is 37.9 Å². The number of nitrogens with zero attached hydrogens (tertiary/aromatic N) is 1. The number of ketones is 1. The van der Waals surface area contributed by atoms with Crippen LogP contribution in [0.3, 0.4) is 0 Å². The predicted molar refractivity (Wildman–Crippen MR) is 112 cm³/mol. The fourth-order valence-corrected chi connectivity index (χ4v) is 4.20. The highest BCUT2D eigenvalue weighted by Crippen LogP contribution is 2.39. The minimum atomic E-state index is -0.796. The molecular formula is C24H26N2O5. The first kappa shape index (κ1) is 21.1. The maximum absolute atomic E-state index is 13.0. The van der Waals surface area contributed by atoms with Crippen LogP contribution in [-0.2, 0) is 14.3 Å². The number of hydrogen-bond donors (Lipinski definition) is 2. The summed E-state index contributed by atoms with van der Waals surface area (Å²) in [5.74, 6) is -1.81. The lowest BCUT2D eigenvalue weighted by atomic mass is 9.95. The number of nitrogens with one attached hydrogen (secondary N) is 1. The summed E-state index contributed by atoms with van der Waals surface area (Å²) < 4.78 is 5.39. The van der Waals surface area contributed by atoms with E-state index in [1.54, 1.807) is 24.3 Å². The molecule has 0 saturated carbocycles. The highest BCUT2D eigenvalue weighted by atomic mass is 16.5. The summed E-state index contributed by atoms with van der Waals surface area (Å²) in [7, 11) is 0. The Hall–Kier alpha value is -3.16. The van der Waals surface area contributed by atoms with Crippen LogP contribution in [0, 0.1) is 6.92 Å². The van der Waals surface area contributed by atoms with Gasteiger partial charge in [0, 0.05) is 5.56 Å². The topological polar surface area (TPSA) is 94.3 Å². The second-order valence-electron chi connectivity index (χ2n) is 8.04. The van der Waals surface area contributed by atoms with E-state index in [1.165, 1.54) is 21.9 Å². The van der Waals surface area contributed by atoms with Crippen LogP contribution in [0.15, 0.2) is 54.1 Å². The fourth-order valence-electron chi connectivity index (χ4n) is 4.20. The lowest BCUT2D eigenvalue weighted by Crippen LogP contribution is -3.14. The van der Waals surface area contributed by atoms with E-state index in [9.17, 15) is 19.8 Å². The third-order valence-corrected chi connectivity index (χ3v) is 5.94. The number of aliphatic hydroxyl groups is 1. The Bertz CT molecular complexity index is 1010. The number of morpholine rings is 1. The number of rotatable bonds is 5. The Morgan fingerprint density at radius 2 is 1.87 bits per heavy atom. The smallest absolute Gasteiger partial charge is 0.295 e. The molecule has 0 spiro atoms. The molecule has 4 rings (SSSR count). The van der Waals surface area contributed by atoms with Gasteiger partial charge in [0.1, 0.15) is 18.8 Å². The summed E-state index contributed by atoms with van der Waals surface area (Å²) in [6, 6.07) is 12.5. The van der Waals surface area contributed by atoms with Gasteiger partial charge in [-0.05, 0) is 12.5 Å². The minimum Gasteiger partial charge on any atom is -0.872 e. The quantitative estimate of drug-likeness (QED) is 0.413. The summed E-state index contributed by atoms with van der Waals surface area (Å²) in [6.45, 7) is 5.96. The second-order valence-corrected chi connectivity index (χ2v) is 8.04. The molecule has 0 radical (unpaired) electrons. The number of carbonyl (C=O) groups excluding carboxylic acids is 2. The van der Waals surface area contributed by atoms with E-state index in [2.05, 4.69) is 0 Å². The third kappa shape index (κ3) is 4.33. The van der Waals surface area contributed by atoms with Crippen molar-refractivity contribution >= 4 is 17.4 Å². The number of aryl methyl sites for hydroxylation is 1. The first-order valence-electron chi connectivity index (χ1n) is 10.5. The van der Waals surface area contributed by atoms with Gasteiger partial charge in [0.15, 0.2) is 0 Å². The van der Waals surface area contributed by atoms with E-state index in [1.807, 2.05) is 19.1 Å². The minimum absolute atomic E-state index is 0.0245. The first-order chi connectivity index (χ1) is 15.0. The van der Waals surface area contributed by atoms with Crippen molar-refractivity contribution in [1.82, 2.24) is 4.90 Å². The van der Waals surface area contributed by atoms with Crippen LogP contribution in [0.2, 0.25) is 0 Å². The summed E-state index contributed by atoms with van der Waals surface area (Å²) >= 11 is 0. The molecule has 7 heteroatoms. The number of ether oxygens (including phenoxy) is 1. The molecule has 31 heavy (non-hydrogen) atoms. The Morgan fingerprint density at radius 1 is 1.16 bits per heavy atom. The fraction of sp³-hybridized carbons (Fsp3) is 0.333. The molecule has 1 atom stereocenters. The van der Waals surface area contributed by atoms with Crippen LogP contribution < -0.4 is 10.0 Å². The summed E-state index contributed by atoms with van der Waals surface area (Å²) in [5.41, 5.74) is 2.03. The van der Waals surface area contributed by atoms with E-state index < -0.39 is 17.7 Å². The number of hydrogen-bond acceptors (Lipinski definition) is 5. The molecule has 1 unspecified atom stereocenters. The molecule has 7 nitrogen and oxygen atoms in total. The Kier molecular flexibility index (Phi) is 6.06. The zero-order chi connectivity index (χ0) is 22.0. The number of quaternary nitrogens is 1. The SMILES string of the molecule is Cc1ccc(/C(O)=C2/C(=O)C(=O)N(CC[NH+]3CCOCC3)C2c2cccc([O-])c2)cc1. The van der Waals surface area contributed by atoms with Gasteiger partial charge in [-0.1, -0.05) is 54.1 Å². The molecule has 2 saturated heterocycles. The lowest BCUT2D eigenvalue weighted by Gasteiger charge is -2.29. The van der Waals surface area contributed by atoms with Gasteiger partial charge in [0.25, 0.3) is 11.7 Å². The summed E-state index contributed by atoms with van der Waals surface area (Å²) in [5, 5.41) is 23.0. The highest BCUT2D eigenvalue weighted by molar-refractivity contribution is 6.46. The second kappa shape index (κ2) is 8.91. The van der Waals surface area contributed by atoms with Gasteiger partial charge in [-0.2, -0.15) is 0 Å². The standard InChI is InChI=1S/C24H26N2O5/c1-16-5-7-17(8-6-16)22(28)20-21(18-3-2-4-19(27)15-18)26(24(30)23(20)29)10-9-25-11-13-31-14-12-25/h2-8,15,21,27-28H,9-14H2,1H3/b22-20-. The van der Waals surface area contributed by atoms with E-state index in [4.69, 9.17) is 4.74 Å². The van der Waals surface area contributed by atoms with Crippen LogP contribution in [0.25, 0.3) is 5.76 Å². The number of likely N-dealkylation sites (tertiary alicyclic amines) is 1. The Morgan fingerprint density at radius 3 is 2.55 bits per heavy atom. The number of aliphatic hydroxyl groups excluding tert-OH is 1. The van der Waals surface area contributed by atoms with Crippen molar-refractivity contribution < 1.29 is 29.4 Å². The number of amides is 1. The monoisotopic (exact) mass is 422 g/mol. The number of Topliss-reactive ketones (excluding diaryl/α,β-unsaturated/α-hetero) is 1. The number of benzene rings is 2. The zero-order valence-electron chi connectivity index (χ0n) is 17.5. The molecule has 2 aromatic carbocycles. The summed E-state index contributed by atoms with van der Waals surface area (Å²) in [6.07, 6.45) is 0. The average Bonchev–Trinajstić information content (AvgIpc) is 3.03. The molecule has 0 bridgehead atoms. The molecule has 1 amide bonds. The van der Waals surface area contributed by atoms with Crippen molar-refractivity contribution in [3.63, 3.8) is 0 Å². The Balaban J connectivity index is 1.73. The highest BCUT2D eigenvalue weighted by Gasteiger charge is 2.46. The van der Waals surface area contributed by atoms with Gasteiger partial charge in [-0.15, -0.1) is 5.75 Å². The van der Waals surface area contributed by atoms with E-state index >= 15 is 0 Å². The van der Waals surface area contributed by atoms with Gasteiger partial charge in [-0.25, -0.2) is 0 Å². The van der Waals surface area contributed by atoms with E-state index in [0.717, 1.165) is 18.7 Å². The molecule has 162 valence electrons. The van der Waals surface area contributed by atoms with E-state index in [0.29, 0.717) is 37.4 Å². The average molecular weight is 422 g/mol. The van der Waals surface area contributed by atoms with Gasteiger partial charge in [-0.3, -0.25) is 9.59 Å². The lowest BCUT2D eigenvalue weighted by molar-refractivity contribution is -0.907. The molecule has 2 aliphatic rings. The third-order valence-electron chi connectivity index (χ3n) is 5.94. The molecule has 2 aromatic rings. The van der Waals surface area contributed by atoms with Crippen molar-refractivity contribution in [2.24, 2.45) is 0 Å². The maximum Gasteiger partial charge on any atom is 0.295 e. The summed E-state index contributed by atoms with van der Waals surface area (Å²) in [4.78, 5) is 28.7. The van der Waals surface area contributed by atoms with Crippen LogP contribution in [0.5, 0.6) is 5.75 Å². The van der Waals surface area contributed by atoms with Crippen LogP contribution >= 0.6 is 0 Å². The molecule has 2 heterocycles. The van der Waals surface area contributed by atoms with Crippen molar-refractivity contribution in [2.75, 3.05) is 39.4 Å². The van der Waals surface area contributed by atoms with Gasteiger partial charge in [0.2, 0.25) is 0 Å². The van der Waals surface area contributed by atoms with Crippen molar-refractivity contribution in [1.29, 1.82) is 0 Å². The Labute approximate surface area is 181 Å². The molecule has 2 aliphatic heterocycles. The van der Waals surface area contributed by atoms with Gasteiger partial charge >= 0.3 is 0 Å². The van der Waals surface area contributed by atoms with E-state index in [-0.39, 0.29) is 17.1 Å². The molecule has 0 aromatic heterocycles. The molecule has 2 fully saturated rings. The van der Waals surface area contributed by atoms with Crippen molar-refractivity contribution in [3.05, 3.63) is 70.8 Å². The first-order valence-corrected chi connectivity index (χ1v) is 10.5. The van der Waals surface area contributed by atoms with Crippen molar-refractivity contribution in [3.8, 4) is 5.75 Å². The molecule has 2 N–H and O–H groups in total. The normalized spacial score (nSPS) is 21.6.